The molecule has 4 nitrogen and oxygen atoms in total. The Morgan fingerprint density at radius 2 is 1.67 bits per heavy atom. The second-order valence-electron chi connectivity index (χ2n) is 3.17. The van der Waals surface area contributed by atoms with Crippen molar-refractivity contribution >= 4 is 11.8 Å². The van der Waals surface area contributed by atoms with Gasteiger partial charge in [-0.3, -0.25) is 9.59 Å². The smallest absolute Gasteiger partial charge is 0.303 e. The van der Waals surface area contributed by atoms with Gasteiger partial charge in [0.1, 0.15) is 0 Å². The summed E-state index contributed by atoms with van der Waals surface area (Å²) >= 11 is 0. The molecule has 0 spiro atoms. The fourth-order valence-corrected chi connectivity index (χ4v) is 1.16. The molecule has 1 aromatic carbocycles. The summed E-state index contributed by atoms with van der Waals surface area (Å²) < 4.78 is 0. The predicted molar refractivity (Wildman–Crippen MR) is 53.6 cm³/mol. The van der Waals surface area contributed by atoms with Crippen molar-refractivity contribution in [2.24, 2.45) is 0 Å². The van der Waals surface area contributed by atoms with Crippen LogP contribution in [-0.2, 0) is 11.4 Å². The average Bonchev–Trinajstić information content (AvgIpc) is 2.26. The molecule has 0 amide bonds. The van der Waals surface area contributed by atoms with Gasteiger partial charge in [-0.15, -0.1) is 0 Å². The van der Waals surface area contributed by atoms with Gasteiger partial charge in [0.2, 0.25) is 0 Å². The Labute approximate surface area is 87.2 Å². The zero-order chi connectivity index (χ0) is 11.3. The van der Waals surface area contributed by atoms with Crippen molar-refractivity contribution < 1.29 is 19.8 Å². The van der Waals surface area contributed by atoms with Crippen LogP contribution in [0.4, 0.5) is 0 Å². The van der Waals surface area contributed by atoms with E-state index in [1.54, 1.807) is 24.3 Å². The second-order valence-corrected chi connectivity index (χ2v) is 3.17. The zero-order valence-electron chi connectivity index (χ0n) is 8.14. The highest BCUT2D eigenvalue weighted by Crippen LogP contribution is 2.08. The summed E-state index contributed by atoms with van der Waals surface area (Å²) in [4.78, 5) is 21.7. The van der Waals surface area contributed by atoms with Crippen molar-refractivity contribution in [1.29, 1.82) is 0 Å². The Kier molecular flexibility index (Phi) is 4.00. The Morgan fingerprint density at radius 1 is 1.07 bits per heavy atom. The number of hydrogen-bond acceptors (Lipinski definition) is 3. The van der Waals surface area contributed by atoms with Gasteiger partial charge in [-0.1, -0.05) is 24.3 Å². The second kappa shape index (κ2) is 5.26. The van der Waals surface area contributed by atoms with E-state index >= 15 is 0 Å². The van der Waals surface area contributed by atoms with Crippen molar-refractivity contribution in [2.45, 2.75) is 19.4 Å². The van der Waals surface area contributed by atoms with Gasteiger partial charge < -0.3 is 10.2 Å². The van der Waals surface area contributed by atoms with E-state index < -0.39 is 5.97 Å². The fourth-order valence-electron chi connectivity index (χ4n) is 1.16. The van der Waals surface area contributed by atoms with Crippen molar-refractivity contribution in [3.8, 4) is 0 Å². The maximum absolute atomic E-state index is 11.4. The highest BCUT2D eigenvalue weighted by molar-refractivity contribution is 5.97. The first-order chi connectivity index (χ1) is 7.13. The normalized spacial score (nSPS) is 9.93. The number of carbonyl (C=O) groups excluding carboxylic acids is 1. The van der Waals surface area contributed by atoms with Crippen molar-refractivity contribution in [2.75, 3.05) is 0 Å². The quantitative estimate of drug-likeness (QED) is 0.713. The maximum Gasteiger partial charge on any atom is 0.303 e. The summed E-state index contributed by atoms with van der Waals surface area (Å²) in [6.45, 7) is -0.0659. The van der Waals surface area contributed by atoms with E-state index in [0.717, 1.165) is 5.56 Å². The van der Waals surface area contributed by atoms with E-state index in [-0.39, 0.29) is 25.2 Å². The van der Waals surface area contributed by atoms with E-state index in [1.165, 1.54) is 0 Å². The maximum atomic E-state index is 11.4. The number of carboxylic acids is 1. The molecule has 2 N–H and O–H groups in total. The predicted octanol–water partition coefficient (Wildman–Crippen LogP) is 1.23. The number of hydrogen-bond donors (Lipinski definition) is 2. The molecule has 0 aliphatic carbocycles. The molecule has 0 radical (unpaired) electrons. The van der Waals surface area contributed by atoms with Gasteiger partial charge in [0.25, 0.3) is 0 Å². The minimum Gasteiger partial charge on any atom is -0.481 e. The van der Waals surface area contributed by atoms with Crippen LogP contribution >= 0.6 is 0 Å². The lowest BCUT2D eigenvalue weighted by atomic mass is 10.1. The first kappa shape index (κ1) is 11.4. The van der Waals surface area contributed by atoms with Gasteiger partial charge >= 0.3 is 5.97 Å². The first-order valence-electron chi connectivity index (χ1n) is 4.58. The SMILES string of the molecule is O=C(O)CCC(=O)c1ccc(CO)cc1. The molecule has 1 aromatic rings. The molecule has 0 aliphatic rings. The molecule has 0 heterocycles. The molecule has 15 heavy (non-hydrogen) atoms. The van der Waals surface area contributed by atoms with Gasteiger partial charge in [-0.25, -0.2) is 0 Å². The molecule has 80 valence electrons. The highest BCUT2D eigenvalue weighted by atomic mass is 16.4. The number of carboxylic acid groups (broad SMARTS) is 1. The van der Waals surface area contributed by atoms with Gasteiger partial charge in [-0.2, -0.15) is 0 Å². The molecule has 0 atom stereocenters. The number of aliphatic hydroxyl groups is 1. The van der Waals surface area contributed by atoms with Crippen LogP contribution in [-0.4, -0.2) is 22.0 Å². The fraction of sp³-hybridized carbons (Fsp3) is 0.273. The number of ketones is 1. The molecule has 1 rings (SSSR count). The molecule has 0 fully saturated rings. The van der Waals surface area contributed by atoms with Crippen LogP contribution in [0.15, 0.2) is 24.3 Å². The highest BCUT2D eigenvalue weighted by Gasteiger charge is 2.07. The molecule has 0 bridgehead atoms. The summed E-state index contributed by atoms with van der Waals surface area (Å²) in [5.74, 6) is -1.17. The number of rotatable bonds is 5. The third kappa shape index (κ3) is 3.52. The van der Waals surface area contributed by atoms with Gasteiger partial charge in [0, 0.05) is 12.0 Å². The van der Waals surface area contributed by atoms with Crippen LogP contribution in [0.5, 0.6) is 0 Å². The summed E-state index contributed by atoms with van der Waals surface area (Å²) in [5.41, 5.74) is 1.21. The minimum atomic E-state index is -0.977. The Bertz CT molecular complexity index is 353. The summed E-state index contributed by atoms with van der Waals surface area (Å²) in [5, 5.41) is 17.2. The number of aliphatic carboxylic acids is 1. The largest absolute Gasteiger partial charge is 0.481 e. The lowest BCUT2D eigenvalue weighted by molar-refractivity contribution is -0.136. The van der Waals surface area contributed by atoms with Crippen LogP contribution in [0.2, 0.25) is 0 Å². The standard InChI is InChI=1S/C11H12O4/c12-7-8-1-3-9(4-2-8)10(13)5-6-11(14)15/h1-4,12H,5-7H2,(H,14,15). The lowest BCUT2D eigenvalue weighted by Crippen LogP contribution is -2.03. The third-order valence-electron chi connectivity index (χ3n) is 2.02. The monoisotopic (exact) mass is 208 g/mol. The van der Waals surface area contributed by atoms with Crippen LogP contribution in [0.25, 0.3) is 0 Å². The number of carbonyl (C=O) groups is 2. The van der Waals surface area contributed by atoms with Crippen molar-refractivity contribution in [1.82, 2.24) is 0 Å². The van der Waals surface area contributed by atoms with Crippen molar-refractivity contribution in [3.05, 3.63) is 35.4 Å². The Balaban J connectivity index is 2.62. The molecule has 0 saturated carbocycles. The van der Waals surface area contributed by atoms with Gasteiger partial charge in [0.15, 0.2) is 5.78 Å². The minimum absolute atomic E-state index is 0.00774. The van der Waals surface area contributed by atoms with Gasteiger partial charge in [0.05, 0.1) is 13.0 Å². The Morgan fingerprint density at radius 3 is 2.13 bits per heavy atom. The van der Waals surface area contributed by atoms with E-state index in [0.29, 0.717) is 5.56 Å². The van der Waals surface area contributed by atoms with E-state index in [1.807, 2.05) is 0 Å². The van der Waals surface area contributed by atoms with Crippen LogP contribution in [0.1, 0.15) is 28.8 Å². The molecule has 0 unspecified atom stereocenters. The topological polar surface area (TPSA) is 74.6 Å². The van der Waals surface area contributed by atoms with E-state index in [9.17, 15) is 9.59 Å². The molecular weight excluding hydrogens is 196 g/mol. The van der Waals surface area contributed by atoms with Crippen LogP contribution in [0.3, 0.4) is 0 Å². The molecule has 0 saturated heterocycles. The van der Waals surface area contributed by atoms with Crippen molar-refractivity contribution in [3.63, 3.8) is 0 Å². The summed E-state index contributed by atoms with van der Waals surface area (Å²) in [6, 6.07) is 6.48. The molecule has 0 aromatic heterocycles. The number of aliphatic hydroxyl groups excluding tert-OH is 1. The molecular formula is C11H12O4. The lowest BCUT2D eigenvalue weighted by Gasteiger charge is -2.00. The molecule has 0 aliphatic heterocycles. The summed E-state index contributed by atoms with van der Waals surface area (Å²) in [7, 11) is 0. The summed E-state index contributed by atoms with van der Waals surface area (Å²) in [6.07, 6.45) is -0.144. The van der Waals surface area contributed by atoms with Crippen LogP contribution < -0.4 is 0 Å². The zero-order valence-corrected chi connectivity index (χ0v) is 8.14. The first-order valence-corrected chi connectivity index (χ1v) is 4.58. The molecule has 4 heteroatoms. The van der Waals surface area contributed by atoms with Gasteiger partial charge in [-0.05, 0) is 5.56 Å². The number of benzene rings is 1. The van der Waals surface area contributed by atoms with Crippen LogP contribution in [0, 0.1) is 0 Å². The average molecular weight is 208 g/mol. The third-order valence-corrected chi connectivity index (χ3v) is 2.02. The van der Waals surface area contributed by atoms with E-state index in [4.69, 9.17) is 10.2 Å². The van der Waals surface area contributed by atoms with E-state index in [2.05, 4.69) is 0 Å². The number of Topliss-reactive ketones (excluding diaryl/α,β-unsaturated/α-hetero) is 1. The Hall–Kier alpha value is -1.68.